The molecule has 2 nitrogen and oxygen atoms in total. The summed E-state index contributed by atoms with van der Waals surface area (Å²) in [7, 11) is 0. The molecule has 2 aromatic heterocycles. The third-order valence-electron chi connectivity index (χ3n) is 13.5. The van der Waals surface area contributed by atoms with Gasteiger partial charge in [0, 0.05) is 12.4 Å². The molecule has 0 unspecified atom stereocenters. The zero-order valence-electron chi connectivity index (χ0n) is 35.1. The number of hydrogen-bond donors (Lipinski definition) is 0. The summed E-state index contributed by atoms with van der Waals surface area (Å²) in [5, 5.41) is 0. The first-order valence-corrected chi connectivity index (χ1v) is 22.1. The van der Waals surface area contributed by atoms with Crippen molar-refractivity contribution >= 4 is 11.1 Å². The van der Waals surface area contributed by atoms with Gasteiger partial charge in [0.1, 0.15) is 0 Å². The van der Waals surface area contributed by atoms with E-state index in [0.29, 0.717) is 0 Å². The van der Waals surface area contributed by atoms with Crippen molar-refractivity contribution in [3.05, 3.63) is 322 Å². The molecule has 8 aromatic carbocycles. The molecule has 10 aromatic rings. The fourth-order valence-electron chi connectivity index (χ4n) is 11.0. The highest BCUT2D eigenvalue weighted by molar-refractivity contribution is 6.05. The lowest BCUT2D eigenvalue weighted by Crippen LogP contribution is -2.30. The lowest BCUT2D eigenvalue weighted by atomic mass is 9.68. The van der Waals surface area contributed by atoms with Crippen LogP contribution in [0.4, 0.5) is 0 Å². The van der Waals surface area contributed by atoms with E-state index in [9.17, 15) is 0 Å². The van der Waals surface area contributed by atoms with Crippen molar-refractivity contribution in [1.29, 1.82) is 0 Å². The number of fused-ring (bicyclic) bond motifs is 6. The fraction of sp³-hybridized carbons (Fsp3) is 0.0323. The van der Waals surface area contributed by atoms with Crippen molar-refractivity contribution in [2.45, 2.75) is 10.8 Å². The minimum atomic E-state index is -0.655. The molecular formula is C62H42N2. The Morgan fingerprint density at radius 3 is 0.938 bits per heavy atom. The molecule has 12 rings (SSSR count). The molecule has 2 heterocycles. The molecule has 0 saturated carbocycles. The van der Waals surface area contributed by atoms with Crippen LogP contribution in [0.15, 0.2) is 255 Å². The molecule has 2 heteroatoms. The molecule has 300 valence electrons. The topological polar surface area (TPSA) is 25.8 Å². The van der Waals surface area contributed by atoms with E-state index in [2.05, 4.69) is 231 Å². The zero-order valence-corrected chi connectivity index (χ0v) is 35.1. The van der Waals surface area contributed by atoms with E-state index in [-0.39, 0.29) is 0 Å². The number of hydrogen-bond acceptors (Lipinski definition) is 2. The predicted octanol–water partition coefficient (Wildman–Crippen LogP) is 14.2. The van der Waals surface area contributed by atoms with Crippen LogP contribution < -0.4 is 0 Å². The number of aromatic nitrogens is 2. The van der Waals surface area contributed by atoms with Crippen LogP contribution in [0.2, 0.25) is 0 Å². The van der Waals surface area contributed by atoms with Crippen molar-refractivity contribution in [2.75, 3.05) is 0 Å². The first-order chi connectivity index (χ1) is 31.8. The number of rotatable bonds is 8. The minimum Gasteiger partial charge on any atom is -0.260 e. The molecular weight excluding hydrogens is 773 g/mol. The normalized spacial score (nSPS) is 13.6. The lowest BCUT2D eigenvalue weighted by molar-refractivity contribution is 0.734. The maximum atomic E-state index is 5.18. The van der Waals surface area contributed by atoms with E-state index in [1.54, 1.807) is 0 Å². The van der Waals surface area contributed by atoms with Crippen LogP contribution >= 0.6 is 0 Å². The summed E-state index contributed by atoms with van der Waals surface area (Å²) in [6, 6.07) is 88.5. The molecule has 0 radical (unpaired) electrons. The average Bonchev–Trinajstić information content (AvgIpc) is 3.86. The monoisotopic (exact) mass is 814 g/mol. The maximum absolute atomic E-state index is 5.18. The van der Waals surface area contributed by atoms with Crippen LogP contribution in [0.25, 0.3) is 33.4 Å². The van der Waals surface area contributed by atoms with Crippen LogP contribution in [-0.2, 0) is 10.8 Å². The number of benzene rings is 8. The average molecular weight is 815 g/mol. The molecule has 0 spiro atoms. The van der Waals surface area contributed by atoms with Gasteiger partial charge < -0.3 is 0 Å². The van der Waals surface area contributed by atoms with E-state index in [4.69, 9.17) is 9.97 Å². The Kier molecular flexibility index (Phi) is 8.98. The molecule has 2 aliphatic carbocycles. The SMILES string of the molecule is c1ccc(C(=C(c2cccc(C3(c4ccccn4)c4ccccc4-c4ccccc43)c2)c2cccc(C3(c4ccccn4)c4ccccc4-c4ccccc43)c2)c2ccccc2)cc1. The Hall–Kier alpha value is -8.20. The van der Waals surface area contributed by atoms with Crippen LogP contribution in [0.1, 0.15) is 67.0 Å². The van der Waals surface area contributed by atoms with Gasteiger partial charge in [-0.25, -0.2) is 0 Å². The van der Waals surface area contributed by atoms with Crippen molar-refractivity contribution in [1.82, 2.24) is 9.97 Å². The van der Waals surface area contributed by atoms with Gasteiger partial charge >= 0.3 is 0 Å². The molecule has 0 amide bonds. The van der Waals surface area contributed by atoms with Gasteiger partial charge in [-0.3, -0.25) is 9.97 Å². The molecule has 0 fully saturated rings. The van der Waals surface area contributed by atoms with Gasteiger partial charge in [0.15, 0.2) is 0 Å². The van der Waals surface area contributed by atoms with Gasteiger partial charge in [0.05, 0.1) is 22.2 Å². The minimum absolute atomic E-state index is 0.655. The quantitative estimate of drug-likeness (QED) is 0.143. The Morgan fingerprint density at radius 2 is 0.578 bits per heavy atom. The first-order valence-electron chi connectivity index (χ1n) is 22.1. The van der Waals surface area contributed by atoms with Crippen molar-refractivity contribution in [3.8, 4) is 22.3 Å². The predicted molar refractivity (Wildman–Crippen MR) is 261 cm³/mol. The van der Waals surface area contributed by atoms with Gasteiger partial charge in [0.25, 0.3) is 0 Å². The second-order valence-corrected chi connectivity index (χ2v) is 16.8. The highest BCUT2D eigenvalue weighted by atomic mass is 14.7. The van der Waals surface area contributed by atoms with Gasteiger partial charge in [-0.2, -0.15) is 0 Å². The van der Waals surface area contributed by atoms with Crippen molar-refractivity contribution < 1.29 is 0 Å². The summed E-state index contributed by atoms with van der Waals surface area (Å²) >= 11 is 0. The molecule has 0 bridgehead atoms. The maximum Gasteiger partial charge on any atom is 0.0886 e. The van der Waals surface area contributed by atoms with Crippen LogP contribution in [-0.4, -0.2) is 9.97 Å². The summed E-state index contributed by atoms with van der Waals surface area (Å²) in [6.07, 6.45) is 3.86. The summed E-state index contributed by atoms with van der Waals surface area (Å²) < 4.78 is 0. The third kappa shape index (κ3) is 5.59. The van der Waals surface area contributed by atoms with Crippen molar-refractivity contribution in [3.63, 3.8) is 0 Å². The number of pyridine rings is 2. The van der Waals surface area contributed by atoms with E-state index < -0.39 is 10.8 Å². The van der Waals surface area contributed by atoms with Gasteiger partial charge in [-0.15, -0.1) is 0 Å². The van der Waals surface area contributed by atoms with Gasteiger partial charge in [0.2, 0.25) is 0 Å². The molecule has 0 aliphatic heterocycles. The third-order valence-corrected chi connectivity index (χ3v) is 13.5. The zero-order chi connectivity index (χ0) is 42.5. The Bertz CT molecular complexity index is 3050. The molecule has 0 N–H and O–H groups in total. The number of nitrogens with zero attached hydrogens (tertiary/aromatic N) is 2. The highest BCUT2D eigenvalue weighted by Crippen LogP contribution is 2.58. The highest BCUT2D eigenvalue weighted by Gasteiger charge is 2.48. The first kappa shape index (κ1) is 37.6. The largest absolute Gasteiger partial charge is 0.260 e. The second kappa shape index (κ2) is 15.3. The molecule has 64 heavy (non-hydrogen) atoms. The van der Waals surface area contributed by atoms with Gasteiger partial charge in [-0.05, 0) is 125 Å². The van der Waals surface area contributed by atoms with E-state index >= 15 is 0 Å². The fourth-order valence-corrected chi connectivity index (χ4v) is 11.0. The summed E-state index contributed by atoms with van der Waals surface area (Å²) in [6.45, 7) is 0. The summed E-state index contributed by atoms with van der Waals surface area (Å²) in [4.78, 5) is 10.4. The lowest BCUT2D eigenvalue weighted by Gasteiger charge is -2.34. The molecule has 0 saturated heterocycles. The van der Waals surface area contributed by atoms with Crippen LogP contribution in [0.3, 0.4) is 0 Å². The van der Waals surface area contributed by atoms with E-state index in [1.165, 1.54) is 55.6 Å². The van der Waals surface area contributed by atoms with E-state index in [1.807, 2.05) is 24.5 Å². The van der Waals surface area contributed by atoms with Crippen LogP contribution in [0, 0.1) is 0 Å². The summed E-state index contributed by atoms with van der Waals surface area (Å²) in [5.41, 5.74) is 19.8. The molecule has 0 atom stereocenters. The second-order valence-electron chi connectivity index (χ2n) is 16.8. The Labute approximate surface area is 374 Å². The Morgan fingerprint density at radius 1 is 0.266 bits per heavy atom. The standard InChI is InChI=1S/C62H42N2/c1-3-21-43(22-4-1)59(44-23-5-2-6-24-44)60(45-25-19-27-47(41-45)61(57-37-15-17-39-63-57)53-33-11-7-29-49(53)50-30-8-12-34-54(50)61)46-26-20-28-48(42-46)62(58-38-16-18-40-64-58)55-35-13-9-31-51(55)52-32-10-14-36-56(52)62/h1-42H. The smallest absolute Gasteiger partial charge is 0.0886 e. The van der Waals surface area contributed by atoms with Crippen LogP contribution in [0.5, 0.6) is 0 Å². The van der Waals surface area contributed by atoms with Crippen molar-refractivity contribution in [2.24, 2.45) is 0 Å². The molecule has 2 aliphatic rings. The summed E-state index contributed by atoms with van der Waals surface area (Å²) in [5.74, 6) is 0. The Balaban J connectivity index is 1.18. The van der Waals surface area contributed by atoms with E-state index in [0.717, 1.165) is 44.8 Å². The van der Waals surface area contributed by atoms with Gasteiger partial charge in [-0.1, -0.05) is 206 Å².